The van der Waals surface area contributed by atoms with Crippen LogP contribution in [0, 0.1) is 17.3 Å². The van der Waals surface area contributed by atoms with E-state index < -0.39 is 0 Å². The third-order valence-electron chi connectivity index (χ3n) is 3.95. The van der Waals surface area contributed by atoms with Crippen LogP contribution in [-0.2, 0) is 0 Å². The van der Waals surface area contributed by atoms with Crippen molar-refractivity contribution in [3.05, 3.63) is 0 Å². The largest absolute Gasteiger partial charge is 0.312 e. The number of hydrogen-bond donors (Lipinski definition) is 0. The molecule has 1 heteroatoms. The van der Waals surface area contributed by atoms with E-state index in [4.69, 9.17) is 0 Å². The van der Waals surface area contributed by atoms with Crippen molar-refractivity contribution in [2.45, 2.75) is 109 Å². The van der Waals surface area contributed by atoms with Gasteiger partial charge in [-0.05, 0) is 38.4 Å². The molecule has 0 bridgehead atoms. The first-order chi connectivity index (χ1) is 9.95. The molecule has 0 heterocycles. The summed E-state index contributed by atoms with van der Waals surface area (Å²) in [7, 11) is 6.00. The third-order valence-corrected chi connectivity index (χ3v) is 3.95. The van der Waals surface area contributed by atoms with Gasteiger partial charge < -0.3 is 4.90 Å². The van der Waals surface area contributed by atoms with Crippen LogP contribution in [0.1, 0.15) is 109 Å². The van der Waals surface area contributed by atoms with Gasteiger partial charge in [0.25, 0.3) is 0 Å². The van der Waals surface area contributed by atoms with Crippen LogP contribution >= 0.6 is 0 Å². The van der Waals surface area contributed by atoms with Gasteiger partial charge in [0.1, 0.15) is 0 Å². The van der Waals surface area contributed by atoms with Gasteiger partial charge in [0.2, 0.25) is 0 Å². The lowest BCUT2D eigenvalue weighted by Gasteiger charge is -2.23. The summed E-state index contributed by atoms with van der Waals surface area (Å²) in [5, 5.41) is 0. The number of hydrogen-bond acceptors (Lipinski definition) is 1. The Hall–Kier alpha value is -0.0400. The molecule has 0 N–H and O–H groups in total. The van der Waals surface area contributed by atoms with Gasteiger partial charge in [0, 0.05) is 0 Å². The van der Waals surface area contributed by atoms with E-state index in [2.05, 4.69) is 69.2 Å². The van der Waals surface area contributed by atoms with Crippen molar-refractivity contribution in [2.75, 3.05) is 21.1 Å². The molecule has 0 aliphatic rings. The third kappa shape index (κ3) is 52.1. The second kappa shape index (κ2) is 24.2. The Morgan fingerprint density at radius 2 is 0.870 bits per heavy atom. The van der Waals surface area contributed by atoms with Crippen molar-refractivity contribution in [2.24, 2.45) is 17.3 Å². The minimum Gasteiger partial charge on any atom is -0.312 e. The maximum Gasteiger partial charge on any atom is -0.0140 e. The normalized spacial score (nSPS) is 9.91. The molecule has 148 valence electrons. The summed E-state index contributed by atoms with van der Waals surface area (Å²) in [6, 6.07) is 0. The van der Waals surface area contributed by atoms with Crippen LogP contribution in [0.25, 0.3) is 0 Å². The van der Waals surface area contributed by atoms with Crippen LogP contribution in [0.5, 0.6) is 0 Å². The van der Waals surface area contributed by atoms with Crippen LogP contribution in [0.3, 0.4) is 0 Å². The first-order valence-electron chi connectivity index (χ1n) is 9.56. The average molecular weight is 334 g/mol. The first-order valence-corrected chi connectivity index (χ1v) is 9.56. The van der Waals surface area contributed by atoms with Crippen LogP contribution < -0.4 is 0 Å². The van der Waals surface area contributed by atoms with Crippen molar-refractivity contribution in [1.82, 2.24) is 4.90 Å². The molecule has 0 saturated heterocycles. The first kappa shape index (κ1) is 34.3. The van der Waals surface area contributed by atoms with Crippen molar-refractivity contribution >= 4 is 0 Å². The molecule has 0 unspecified atom stereocenters. The highest BCUT2D eigenvalue weighted by Gasteiger charge is 2.15. The molecular formula is C22H55N. The minimum atomic E-state index is 0. The molecule has 0 aromatic heterocycles. The Kier molecular flexibility index (Phi) is 36.1. The molecule has 0 radical (unpaired) electrons. The molecule has 0 saturated carbocycles. The summed E-state index contributed by atoms with van der Waals surface area (Å²) >= 11 is 0. The summed E-state index contributed by atoms with van der Waals surface area (Å²) in [4.78, 5) is 2.00. The van der Waals surface area contributed by atoms with Crippen molar-refractivity contribution in [3.63, 3.8) is 0 Å². The minimum absolute atomic E-state index is 0. The Morgan fingerprint density at radius 1 is 0.696 bits per heavy atom. The second-order valence-electron chi connectivity index (χ2n) is 7.87. The summed E-state index contributed by atoms with van der Waals surface area (Å²) in [5.41, 5.74) is 0.625. The predicted molar refractivity (Wildman–Crippen MR) is 116 cm³/mol. The maximum atomic E-state index is 2.35. The highest BCUT2D eigenvalue weighted by Crippen LogP contribution is 2.28. The lowest BCUT2D eigenvalue weighted by Crippen LogP contribution is -2.10. The molecule has 0 aromatic rings. The molecule has 1 nitrogen and oxygen atoms in total. The highest BCUT2D eigenvalue weighted by molar-refractivity contribution is 4.67. The fourth-order valence-corrected chi connectivity index (χ4v) is 1.04. The quantitative estimate of drug-likeness (QED) is 0.490. The van der Waals surface area contributed by atoms with Gasteiger partial charge in [-0.15, -0.1) is 0 Å². The molecule has 23 heavy (non-hydrogen) atoms. The summed E-state index contributed by atoms with van der Waals surface area (Å²) < 4.78 is 0. The van der Waals surface area contributed by atoms with Crippen LogP contribution in [-0.4, -0.2) is 26.0 Å². The lowest BCUT2D eigenvalue weighted by atomic mass is 9.82. The predicted octanol–water partition coefficient (Wildman–Crippen LogP) is 8.14. The van der Waals surface area contributed by atoms with E-state index in [1.807, 2.05) is 26.0 Å². The standard InChI is InChI=1S/C8H18.C6H14.C4H10.C3H9N.CH4/c1-5-8(4,6-2)7-3;1-4-6(3)5-2;2*1-4(2)3;/h5-7H2,1-4H3;6H,4-5H2,1-3H3;4H,1-3H3;1-3H3;1H4. The van der Waals surface area contributed by atoms with E-state index in [1.54, 1.807) is 0 Å². The van der Waals surface area contributed by atoms with E-state index in [-0.39, 0.29) is 7.43 Å². The lowest BCUT2D eigenvalue weighted by molar-refractivity contribution is 0.286. The van der Waals surface area contributed by atoms with Crippen molar-refractivity contribution in [1.29, 1.82) is 0 Å². The van der Waals surface area contributed by atoms with Crippen LogP contribution in [0.15, 0.2) is 0 Å². The molecule has 0 aliphatic heterocycles. The van der Waals surface area contributed by atoms with Gasteiger partial charge in [-0.3, -0.25) is 0 Å². The Morgan fingerprint density at radius 3 is 0.870 bits per heavy atom. The van der Waals surface area contributed by atoms with Gasteiger partial charge in [-0.2, -0.15) is 0 Å². The van der Waals surface area contributed by atoms with Gasteiger partial charge >= 0.3 is 0 Å². The molecule has 0 amide bonds. The zero-order valence-electron chi connectivity index (χ0n) is 18.6. The summed E-state index contributed by atoms with van der Waals surface area (Å²) in [6.45, 7) is 22.4. The molecular weight excluding hydrogens is 278 g/mol. The number of nitrogens with zero attached hydrogens (tertiary/aromatic N) is 1. The van der Waals surface area contributed by atoms with Gasteiger partial charge in [-0.25, -0.2) is 0 Å². The van der Waals surface area contributed by atoms with E-state index in [0.717, 1.165) is 11.8 Å². The molecule has 0 fully saturated rings. The molecule has 0 aliphatic carbocycles. The van der Waals surface area contributed by atoms with Crippen LogP contribution in [0.4, 0.5) is 0 Å². The monoisotopic (exact) mass is 333 g/mol. The fourth-order valence-electron chi connectivity index (χ4n) is 1.04. The average Bonchev–Trinajstić information content (AvgIpc) is 2.45. The van der Waals surface area contributed by atoms with E-state index in [0.29, 0.717) is 5.41 Å². The fraction of sp³-hybridized carbons (Fsp3) is 1.00. The van der Waals surface area contributed by atoms with Crippen molar-refractivity contribution in [3.8, 4) is 0 Å². The number of rotatable bonds is 5. The second-order valence-corrected chi connectivity index (χ2v) is 7.87. The summed E-state index contributed by atoms with van der Waals surface area (Å²) in [6.07, 6.45) is 6.62. The molecule has 0 atom stereocenters. The smallest absolute Gasteiger partial charge is 0.0140 e. The van der Waals surface area contributed by atoms with Crippen LogP contribution in [0.2, 0.25) is 0 Å². The zero-order chi connectivity index (χ0) is 18.8. The highest BCUT2D eigenvalue weighted by atomic mass is 15.0. The van der Waals surface area contributed by atoms with E-state index in [1.165, 1.54) is 32.1 Å². The van der Waals surface area contributed by atoms with E-state index in [9.17, 15) is 0 Å². The molecule has 0 rings (SSSR count). The van der Waals surface area contributed by atoms with Gasteiger partial charge in [0.15, 0.2) is 0 Å². The Labute approximate surface area is 152 Å². The maximum absolute atomic E-state index is 2.35. The SMILES string of the molecule is C.CC(C)C.CCC(C)(CC)CC.CCC(C)CC.CN(C)C. The Bertz CT molecular complexity index is 145. The van der Waals surface area contributed by atoms with Crippen molar-refractivity contribution < 1.29 is 0 Å². The zero-order valence-corrected chi connectivity index (χ0v) is 18.6. The molecule has 0 aromatic carbocycles. The topological polar surface area (TPSA) is 3.24 Å². The van der Waals surface area contributed by atoms with Gasteiger partial charge in [0.05, 0.1) is 0 Å². The summed E-state index contributed by atoms with van der Waals surface area (Å²) in [5.74, 6) is 1.77. The van der Waals surface area contributed by atoms with E-state index >= 15 is 0 Å². The van der Waals surface area contributed by atoms with Gasteiger partial charge in [-0.1, -0.05) is 109 Å². The molecule has 0 spiro atoms. The Balaban J connectivity index is -0.0000000646.